The van der Waals surface area contributed by atoms with Crippen molar-refractivity contribution in [3.63, 3.8) is 0 Å². The van der Waals surface area contributed by atoms with Gasteiger partial charge in [0.15, 0.2) is 5.96 Å². The molecule has 0 amide bonds. The van der Waals surface area contributed by atoms with Crippen molar-refractivity contribution in [2.75, 3.05) is 13.1 Å². The van der Waals surface area contributed by atoms with Gasteiger partial charge in [0.1, 0.15) is 0 Å². The van der Waals surface area contributed by atoms with Crippen LogP contribution < -0.4 is 11.1 Å². The van der Waals surface area contributed by atoms with E-state index in [9.17, 15) is 0 Å². The number of hydrogen-bond acceptors (Lipinski definition) is 3. The van der Waals surface area contributed by atoms with Gasteiger partial charge in [-0.05, 0) is 25.7 Å². The van der Waals surface area contributed by atoms with E-state index in [2.05, 4.69) is 20.3 Å². The highest BCUT2D eigenvalue weighted by molar-refractivity contribution is 5.77. The van der Waals surface area contributed by atoms with Gasteiger partial charge in [-0.2, -0.15) is 0 Å². The number of nitrogens with zero attached hydrogens (tertiary/aromatic N) is 3. The molecule has 2 rings (SSSR count). The van der Waals surface area contributed by atoms with E-state index in [-0.39, 0.29) is 0 Å². The van der Waals surface area contributed by atoms with Gasteiger partial charge in [0.05, 0.1) is 11.4 Å². The molecule has 0 radical (unpaired) electrons. The molecule has 98 valence electrons. The highest BCUT2D eigenvalue weighted by Crippen LogP contribution is 2.26. The molecule has 3 N–H and O–H groups in total. The first-order chi connectivity index (χ1) is 8.75. The number of nitrogens with two attached hydrogens (primary N) is 1. The van der Waals surface area contributed by atoms with Crippen molar-refractivity contribution < 1.29 is 0 Å². The zero-order valence-corrected chi connectivity index (χ0v) is 10.9. The summed E-state index contributed by atoms with van der Waals surface area (Å²) in [4.78, 5) is 12.8. The monoisotopic (exact) mass is 247 g/mol. The van der Waals surface area contributed by atoms with E-state index in [1.807, 2.05) is 6.92 Å². The Morgan fingerprint density at radius 2 is 2.22 bits per heavy atom. The summed E-state index contributed by atoms with van der Waals surface area (Å²) < 4.78 is 0. The molecule has 1 heterocycles. The lowest BCUT2D eigenvalue weighted by Crippen LogP contribution is -2.34. The van der Waals surface area contributed by atoms with Crippen LogP contribution in [0.25, 0.3) is 0 Å². The van der Waals surface area contributed by atoms with Crippen molar-refractivity contribution >= 4 is 5.96 Å². The Labute approximate surface area is 108 Å². The highest BCUT2D eigenvalue weighted by Gasteiger charge is 2.16. The molecule has 0 unspecified atom stereocenters. The van der Waals surface area contributed by atoms with Crippen molar-refractivity contribution in [2.45, 2.75) is 32.6 Å². The van der Waals surface area contributed by atoms with Crippen LogP contribution in [0.1, 0.15) is 30.7 Å². The second kappa shape index (κ2) is 6.33. The zero-order chi connectivity index (χ0) is 12.8. The molecule has 1 aromatic rings. The first-order valence-electron chi connectivity index (χ1n) is 6.56. The molecule has 0 atom stereocenters. The van der Waals surface area contributed by atoms with Crippen LogP contribution in [0.5, 0.6) is 0 Å². The number of nitrogens with one attached hydrogen (secondary N) is 1. The average Bonchev–Trinajstić information content (AvgIpc) is 2.30. The van der Waals surface area contributed by atoms with Crippen molar-refractivity contribution in [1.29, 1.82) is 0 Å². The fraction of sp³-hybridized carbons (Fsp3) is 0.615. The minimum atomic E-state index is 0.545. The number of guanidine groups is 1. The standard InChI is InChI=1S/C13H21N5/c1-10-12(16-8-7-15-10)5-6-17-13(14)18-9-11-3-2-4-11/h7-8,11H,2-6,9H2,1H3,(H3,14,17,18). The molecule has 1 aliphatic carbocycles. The molecule has 0 spiro atoms. The average molecular weight is 247 g/mol. The van der Waals surface area contributed by atoms with Crippen LogP contribution in [0.15, 0.2) is 17.4 Å². The number of hydrogen-bond donors (Lipinski definition) is 2. The fourth-order valence-electron chi connectivity index (χ4n) is 1.95. The van der Waals surface area contributed by atoms with Crippen LogP contribution in [0.4, 0.5) is 0 Å². The van der Waals surface area contributed by atoms with Crippen LogP contribution in [-0.4, -0.2) is 29.0 Å². The van der Waals surface area contributed by atoms with Gasteiger partial charge in [0.25, 0.3) is 0 Å². The summed E-state index contributed by atoms with van der Waals surface area (Å²) >= 11 is 0. The fourth-order valence-corrected chi connectivity index (χ4v) is 1.95. The van der Waals surface area contributed by atoms with E-state index >= 15 is 0 Å². The smallest absolute Gasteiger partial charge is 0.188 e. The SMILES string of the molecule is Cc1nccnc1CCNC(N)=NCC1CCC1. The second-order valence-electron chi connectivity index (χ2n) is 4.79. The van der Waals surface area contributed by atoms with Crippen LogP contribution >= 0.6 is 0 Å². The highest BCUT2D eigenvalue weighted by atomic mass is 15.1. The van der Waals surface area contributed by atoms with Gasteiger partial charge in [-0.15, -0.1) is 0 Å². The molecule has 0 saturated heterocycles. The Hall–Kier alpha value is -1.65. The summed E-state index contributed by atoms with van der Waals surface area (Å²) in [7, 11) is 0. The van der Waals surface area contributed by atoms with Gasteiger partial charge in [-0.3, -0.25) is 15.0 Å². The first kappa shape index (κ1) is 12.8. The van der Waals surface area contributed by atoms with E-state index < -0.39 is 0 Å². The van der Waals surface area contributed by atoms with Gasteiger partial charge in [-0.25, -0.2) is 0 Å². The predicted octanol–water partition coefficient (Wildman–Crippen LogP) is 1.03. The number of aryl methyl sites for hydroxylation is 1. The first-order valence-corrected chi connectivity index (χ1v) is 6.56. The minimum Gasteiger partial charge on any atom is -0.370 e. The Balaban J connectivity index is 1.69. The Kier molecular flexibility index (Phi) is 4.50. The maximum atomic E-state index is 5.81. The van der Waals surface area contributed by atoms with E-state index in [0.717, 1.165) is 36.8 Å². The molecule has 0 bridgehead atoms. The zero-order valence-electron chi connectivity index (χ0n) is 10.9. The predicted molar refractivity (Wildman–Crippen MR) is 72.3 cm³/mol. The van der Waals surface area contributed by atoms with Crippen LogP contribution in [-0.2, 0) is 6.42 Å². The van der Waals surface area contributed by atoms with E-state index in [1.54, 1.807) is 12.4 Å². The lowest BCUT2D eigenvalue weighted by molar-refractivity contribution is 0.326. The molecule has 5 heteroatoms. The van der Waals surface area contributed by atoms with Crippen molar-refractivity contribution in [3.05, 3.63) is 23.8 Å². The lowest BCUT2D eigenvalue weighted by atomic mass is 9.86. The van der Waals surface area contributed by atoms with Gasteiger partial charge >= 0.3 is 0 Å². The van der Waals surface area contributed by atoms with E-state index in [0.29, 0.717) is 5.96 Å². The molecule has 0 aliphatic heterocycles. The summed E-state index contributed by atoms with van der Waals surface area (Å²) in [5.74, 6) is 1.30. The normalized spacial score (nSPS) is 16.4. The van der Waals surface area contributed by atoms with Crippen molar-refractivity contribution in [3.8, 4) is 0 Å². The molecule has 18 heavy (non-hydrogen) atoms. The second-order valence-corrected chi connectivity index (χ2v) is 4.79. The van der Waals surface area contributed by atoms with Gasteiger partial charge in [0, 0.05) is 31.9 Å². The van der Waals surface area contributed by atoms with Crippen LogP contribution in [0, 0.1) is 12.8 Å². The quantitative estimate of drug-likeness (QED) is 0.602. The van der Waals surface area contributed by atoms with E-state index in [1.165, 1.54) is 19.3 Å². The third-order valence-electron chi connectivity index (χ3n) is 3.40. The van der Waals surface area contributed by atoms with Gasteiger partial charge < -0.3 is 11.1 Å². The molecular formula is C13H21N5. The maximum Gasteiger partial charge on any atom is 0.188 e. The third-order valence-corrected chi connectivity index (χ3v) is 3.40. The van der Waals surface area contributed by atoms with Crippen LogP contribution in [0.2, 0.25) is 0 Å². The number of rotatable bonds is 5. The molecule has 5 nitrogen and oxygen atoms in total. The van der Waals surface area contributed by atoms with Crippen molar-refractivity contribution in [2.24, 2.45) is 16.6 Å². The molecule has 0 aromatic carbocycles. The van der Waals surface area contributed by atoms with Crippen molar-refractivity contribution in [1.82, 2.24) is 15.3 Å². The Morgan fingerprint density at radius 3 is 2.89 bits per heavy atom. The topological polar surface area (TPSA) is 76.2 Å². The molecule has 1 aromatic heterocycles. The van der Waals surface area contributed by atoms with E-state index in [4.69, 9.17) is 5.73 Å². The number of aliphatic imine (C=N–C) groups is 1. The molecule has 1 saturated carbocycles. The third kappa shape index (κ3) is 3.68. The summed E-state index contributed by atoms with van der Waals surface area (Å²) in [5, 5.41) is 3.12. The Bertz CT molecular complexity index is 412. The Morgan fingerprint density at radius 1 is 1.44 bits per heavy atom. The summed E-state index contributed by atoms with van der Waals surface area (Å²) in [6.45, 7) is 3.58. The largest absolute Gasteiger partial charge is 0.370 e. The molecule has 1 fully saturated rings. The lowest BCUT2D eigenvalue weighted by Gasteiger charge is -2.23. The molecule has 1 aliphatic rings. The van der Waals surface area contributed by atoms with Crippen LogP contribution in [0.3, 0.4) is 0 Å². The number of aromatic nitrogens is 2. The summed E-state index contributed by atoms with van der Waals surface area (Å²) in [6.07, 6.45) is 8.20. The molecular weight excluding hydrogens is 226 g/mol. The maximum absolute atomic E-state index is 5.81. The minimum absolute atomic E-state index is 0.545. The van der Waals surface area contributed by atoms with Gasteiger partial charge in [0.2, 0.25) is 0 Å². The summed E-state index contributed by atoms with van der Waals surface area (Å²) in [5.41, 5.74) is 7.79. The summed E-state index contributed by atoms with van der Waals surface area (Å²) in [6, 6.07) is 0. The van der Waals surface area contributed by atoms with Gasteiger partial charge in [-0.1, -0.05) is 6.42 Å².